The highest BCUT2D eigenvalue weighted by Crippen LogP contribution is 2.16. The Bertz CT molecular complexity index is 1700. The Balaban J connectivity index is 4.18. The van der Waals surface area contributed by atoms with E-state index in [1.54, 1.807) is 0 Å². The largest absolute Gasteiger partial charge is 0.462 e. The Morgan fingerprint density at radius 3 is 0.762 bits per heavy atom. The van der Waals surface area contributed by atoms with E-state index in [1.807, 2.05) is 0 Å². The van der Waals surface area contributed by atoms with Gasteiger partial charge in [0.1, 0.15) is 13.2 Å². The van der Waals surface area contributed by atoms with Gasteiger partial charge >= 0.3 is 17.9 Å². The van der Waals surface area contributed by atoms with Crippen LogP contribution < -0.4 is 0 Å². The molecule has 0 saturated carbocycles. The molecule has 80 heavy (non-hydrogen) atoms. The van der Waals surface area contributed by atoms with Gasteiger partial charge < -0.3 is 14.2 Å². The summed E-state index contributed by atoms with van der Waals surface area (Å²) in [5, 5.41) is 0. The summed E-state index contributed by atoms with van der Waals surface area (Å²) < 4.78 is 16.9. The van der Waals surface area contributed by atoms with Crippen molar-refractivity contribution in [2.45, 2.75) is 303 Å². The number of carbonyl (C=O) groups is 3. The first-order valence-electron chi connectivity index (χ1n) is 33.2. The van der Waals surface area contributed by atoms with Crippen LogP contribution in [-0.4, -0.2) is 37.2 Å². The first-order chi connectivity index (χ1) is 39.5. The maximum atomic E-state index is 12.9. The van der Waals surface area contributed by atoms with Crippen molar-refractivity contribution in [3.8, 4) is 0 Å². The Labute approximate surface area is 494 Å². The molecule has 0 aliphatic rings. The Morgan fingerprint density at radius 1 is 0.263 bits per heavy atom. The summed E-state index contributed by atoms with van der Waals surface area (Å²) in [4.78, 5) is 38.2. The molecule has 0 bridgehead atoms. The van der Waals surface area contributed by atoms with Crippen molar-refractivity contribution in [2.75, 3.05) is 13.2 Å². The van der Waals surface area contributed by atoms with Crippen LogP contribution >= 0.6 is 0 Å². The van der Waals surface area contributed by atoms with E-state index in [9.17, 15) is 14.4 Å². The van der Waals surface area contributed by atoms with E-state index in [0.29, 0.717) is 19.3 Å². The average Bonchev–Trinajstić information content (AvgIpc) is 3.46. The number of esters is 3. The second-order valence-corrected chi connectivity index (χ2v) is 21.6. The van der Waals surface area contributed by atoms with Crippen LogP contribution in [0.15, 0.2) is 134 Å². The Kier molecular flexibility index (Phi) is 63.3. The number of hydrogen-bond donors (Lipinski definition) is 0. The van der Waals surface area contributed by atoms with Gasteiger partial charge in [-0.25, -0.2) is 0 Å². The topological polar surface area (TPSA) is 78.9 Å². The fraction of sp³-hybridized carbons (Fsp3) is 0.662. The van der Waals surface area contributed by atoms with Gasteiger partial charge in [-0.15, -0.1) is 0 Å². The lowest BCUT2D eigenvalue weighted by atomic mass is 10.0. The molecule has 1 unspecified atom stereocenters. The molecule has 6 heteroatoms. The molecule has 0 N–H and O–H groups in total. The van der Waals surface area contributed by atoms with E-state index < -0.39 is 6.10 Å². The molecular weight excluding hydrogens is 985 g/mol. The smallest absolute Gasteiger partial charge is 0.306 e. The van der Waals surface area contributed by atoms with Crippen molar-refractivity contribution in [1.29, 1.82) is 0 Å². The summed E-state index contributed by atoms with van der Waals surface area (Å²) in [6, 6.07) is 0. The van der Waals surface area contributed by atoms with E-state index in [0.717, 1.165) is 135 Å². The highest BCUT2D eigenvalue weighted by atomic mass is 16.6. The first-order valence-corrected chi connectivity index (χ1v) is 33.2. The predicted molar refractivity (Wildman–Crippen MR) is 348 cm³/mol. The molecule has 0 rings (SSSR count). The van der Waals surface area contributed by atoms with E-state index in [1.165, 1.54) is 122 Å². The van der Waals surface area contributed by atoms with Crippen molar-refractivity contribution in [3.63, 3.8) is 0 Å². The lowest BCUT2D eigenvalue weighted by Gasteiger charge is -2.18. The van der Waals surface area contributed by atoms with E-state index in [4.69, 9.17) is 14.2 Å². The molecule has 0 aliphatic heterocycles. The standard InChI is InChI=1S/C74H122O6/c1-4-7-10-13-16-19-21-23-25-27-29-31-33-34-35-36-37-38-39-40-42-43-45-47-49-51-53-55-58-61-64-67-73(76)79-70-71(69-78-72(75)66-63-60-57-18-15-12-9-6-3)80-74(77)68-65-62-59-56-54-52-50-48-46-44-41-32-30-28-26-24-22-20-17-14-11-8-5-2/h7-8,10-11,16-17,19-20,23-26,29-32,34-35,37-38,44,46,71H,4-6,9,12-15,18,21-22,27-28,33,36,39-43,45,47-70H2,1-3H3/b10-7-,11-8-,19-16-,20-17-,25-23-,26-24-,31-29-,32-30-,35-34-,38-37-,46-44-. The van der Waals surface area contributed by atoms with Crippen LogP contribution in [0, 0.1) is 0 Å². The maximum Gasteiger partial charge on any atom is 0.306 e. The molecule has 6 nitrogen and oxygen atoms in total. The van der Waals surface area contributed by atoms with Crippen molar-refractivity contribution >= 4 is 17.9 Å². The van der Waals surface area contributed by atoms with Gasteiger partial charge in [-0.3, -0.25) is 14.4 Å². The number of allylic oxidation sites excluding steroid dienone is 22. The summed E-state index contributed by atoms with van der Waals surface area (Å²) in [6.45, 7) is 6.38. The zero-order valence-electron chi connectivity index (χ0n) is 52.0. The SMILES string of the molecule is CC/C=C\C/C=C\C/C=C\C/C=C\C/C=C\C/C=C\CCCCCCCCCCCCCCC(=O)OCC(COC(=O)CCCCCCCCCC)OC(=O)CCCCCCCCC/C=C\C/C=C\C/C=C\C/C=C\C/C=C\CC. The zero-order valence-corrected chi connectivity index (χ0v) is 52.0. The fourth-order valence-electron chi connectivity index (χ4n) is 9.00. The van der Waals surface area contributed by atoms with Crippen LogP contribution in [0.3, 0.4) is 0 Å². The first kappa shape index (κ1) is 75.5. The van der Waals surface area contributed by atoms with Gasteiger partial charge in [-0.05, 0) is 116 Å². The molecule has 1 atom stereocenters. The van der Waals surface area contributed by atoms with Crippen LogP contribution in [0.5, 0.6) is 0 Å². The number of ether oxygens (including phenoxy) is 3. The summed E-state index contributed by atoms with van der Waals surface area (Å²) >= 11 is 0. The van der Waals surface area contributed by atoms with E-state index >= 15 is 0 Å². The van der Waals surface area contributed by atoms with Crippen LogP contribution in [0.2, 0.25) is 0 Å². The molecule has 0 aliphatic carbocycles. The van der Waals surface area contributed by atoms with Crippen molar-refractivity contribution in [1.82, 2.24) is 0 Å². The van der Waals surface area contributed by atoms with Gasteiger partial charge in [0.05, 0.1) is 0 Å². The van der Waals surface area contributed by atoms with Gasteiger partial charge in [0.2, 0.25) is 0 Å². The molecule has 0 fully saturated rings. The fourth-order valence-corrected chi connectivity index (χ4v) is 9.00. The van der Waals surface area contributed by atoms with Crippen molar-refractivity contribution < 1.29 is 28.6 Å². The summed E-state index contributed by atoms with van der Waals surface area (Å²) in [7, 11) is 0. The molecule has 0 aromatic heterocycles. The maximum absolute atomic E-state index is 12.9. The van der Waals surface area contributed by atoms with Crippen LogP contribution in [0.4, 0.5) is 0 Å². The second kappa shape index (κ2) is 67.1. The molecule has 0 aromatic carbocycles. The minimum Gasteiger partial charge on any atom is -0.462 e. The lowest BCUT2D eigenvalue weighted by molar-refractivity contribution is -0.167. The molecule has 454 valence electrons. The van der Waals surface area contributed by atoms with Gasteiger partial charge in [0.15, 0.2) is 6.10 Å². The van der Waals surface area contributed by atoms with Gasteiger partial charge in [-0.1, -0.05) is 296 Å². The molecule has 0 spiro atoms. The molecule has 0 amide bonds. The molecule has 0 radical (unpaired) electrons. The molecule has 0 saturated heterocycles. The van der Waals surface area contributed by atoms with Gasteiger partial charge in [-0.2, -0.15) is 0 Å². The minimum atomic E-state index is -0.787. The number of hydrogen-bond acceptors (Lipinski definition) is 6. The Morgan fingerprint density at radius 2 is 0.487 bits per heavy atom. The lowest BCUT2D eigenvalue weighted by Crippen LogP contribution is -2.30. The molecular formula is C74H122O6. The highest BCUT2D eigenvalue weighted by Gasteiger charge is 2.19. The normalized spacial score (nSPS) is 13.0. The van der Waals surface area contributed by atoms with Crippen LogP contribution in [0.1, 0.15) is 297 Å². The summed E-state index contributed by atoms with van der Waals surface area (Å²) in [6.07, 6.45) is 94.8. The number of rotatable bonds is 59. The monoisotopic (exact) mass is 1110 g/mol. The number of unbranched alkanes of at least 4 members (excludes halogenated alkanes) is 26. The molecule has 0 heterocycles. The number of carbonyl (C=O) groups excluding carboxylic acids is 3. The third-order valence-corrected chi connectivity index (χ3v) is 13.9. The third kappa shape index (κ3) is 64.4. The average molecular weight is 1110 g/mol. The van der Waals surface area contributed by atoms with Crippen LogP contribution in [0.25, 0.3) is 0 Å². The molecule has 0 aromatic rings. The quantitative estimate of drug-likeness (QED) is 0.0261. The summed E-state index contributed by atoms with van der Waals surface area (Å²) in [5.74, 6) is -0.897. The highest BCUT2D eigenvalue weighted by molar-refractivity contribution is 5.71. The van der Waals surface area contributed by atoms with Crippen molar-refractivity contribution in [3.05, 3.63) is 134 Å². The van der Waals surface area contributed by atoms with E-state index in [2.05, 4.69) is 154 Å². The second-order valence-electron chi connectivity index (χ2n) is 21.6. The predicted octanol–water partition coefficient (Wildman–Crippen LogP) is 22.9. The minimum absolute atomic E-state index is 0.0838. The summed E-state index contributed by atoms with van der Waals surface area (Å²) in [5.41, 5.74) is 0. The van der Waals surface area contributed by atoms with E-state index in [-0.39, 0.29) is 31.1 Å². The van der Waals surface area contributed by atoms with Gasteiger partial charge in [0, 0.05) is 19.3 Å². The Hall–Kier alpha value is -4.45. The van der Waals surface area contributed by atoms with Crippen molar-refractivity contribution in [2.24, 2.45) is 0 Å². The van der Waals surface area contributed by atoms with Crippen LogP contribution in [-0.2, 0) is 28.6 Å². The third-order valence-electron chi connectivity index (χ3n) is 13.9. The zero-order chi connectivity index (χ0) is 57.8. The van der Waals surface area contributed by atoms with Gasteiger partial charge in [0.25, 0.3) is 0 Å².